The molecule has 15 heavy (non-hydrogen) atoms. The Labute approximate surface area is 101 Å². The fourth-order valence-electron chi connectivity index (χ4n) is 1.54. The molecular weight excluding hydrogens is 200 g/mol. The maximum absolute atomic E-state index is 4.30. The summed E-state index contributed by atoms with van der Waals surface area (Å²) in [4.78, 5) is 0. The van der Waals surface area contributed by atoms with Crippen molar-refractivity contribution in [1.82, 2.24) is 0 Å². The van der Waals surface area contributed by atoms with E-state index in [1.165, 1.54) is 36.8 Å². The Hall–Kier alpha value is -0.170. The van der Waals surface area contributed by atoms with E-state index in [4.69, 9.17) is 0 Å². The summed E-state index contributed by atoms with van der Waals surface area (Å²) >= 11 is 4.30. The Kier molecular flexibility index (Phi) is 8.98. The van der Waals surface area contributed by atoms with Gasteiger partial charge in [0.25, 0.3) is 0 Å². The number of hydrogen-bond donors (Lipinski definition) is 1. The van der Waals surface area contributed by atoms with E-state index in [1.54, 1.807) is 0 Å². The van der Waals surface area contributed by atoms with Crippen molar-refractivity contribution in [1.29, 1.82) is 0 Å². The van der Waals surface area contributed by atoms with Crippen LogP contribution in [0.4, 0.5) is 0 Å². The first kappa shape index (κ1) is 14.8. The second-order valence-electron chi connectivity index (χ2n) is 4.47. The van der Waals surface area contributed by atoms with E-state index in [9.17, 15) is 0 Å². The van der Waals surface area contributed by atoms with Crippen LogP contribution in [0, 0.1) is 5.92 Å². The molecule has 0 aliphatic carbocycles. The van der Waals surface area contributed by atoms with Crippen LogP contribution < -0.4 is 0 Å². The van der Waals surface area contributed by atoms with Gasteiger partial charge in [0.05, 0.1) is 0 Å². The fourth-order valence-corrected chi connectivity index (χ4v) is 1.89. The zero-order valence-corrected chi connectivity index (χ0v) is 11.6. The average Bonchev–Trinajstić information content (AvgIpc) is 2.22. The van der Waals surface area contributed by atoms with E-state index in [-0.39, 0.29) is 0 Å². The van der Waals surface area contributed by atoms with Crippen molar-refractivity contribution in [2.24, 2.45) is 5.92 Å². The van der Waals surface area contributed by atoms with Gasteiger partial charge >= 0.3 is 0 Å². The first-order chi connectivity index (χ1) is 7.15. The zero-order valence-electron chi connectivity index (χ0n) is 10.7. The second-order valence-corrected chi connectivity index (χ2v) is 4.73. The second kappa shape index (κ2) is 9.08. The molecule has 0 amide bonds. The van der Waals surface area contributed by atoms with Gasteiger partial charge in [-0.2, -0.15) is 12.6 Å². The SMILES string of the molecule is CCCCC(=C/CC(C)C)/C(=C\S)CC. The van der Waals surface area contributed by atoms with Gasteiger partial charge in [-0.1, -0.05) is 40.2 Å². The summed E-state index contributed by atoms with van der Waals surface area (Å²) in [6, 6.07) is 0. The standard InChI is InChI=1S/C14H26S/c1-5-7-8-14(10-9-12(3)4)13(6-2)11-15/h10-12,15H,5-9H2,1-4H3/b13-11-,14-10-. The fraction of sp³-hybridized carbons (Fsp3) is 0.714. The molecule has 0 aromatic rings. The first-order valence-corrected chi connectivity index (χ1v) is 6.69. The minimum Gasteiger partial charge on any atom is -0.151 e. The molecule has 0 radical (unpaired) electrons. The molecule has 0 spiro atoms. The quantitative estimate of drug-likeness (QED) is 0.438. The molecule has 0 N–H and O–H groups in total. The lowest BCUT2D eigenvalue weighted by Gasteiger charge is -2.10. The largest absolute Gasteiger partial charge is 0.151 e. The van der Waals surface area contributed by atoms with Gasteiger partial charge in [0, 0.05) is 0 Å². The molecule has 0 unspecified atom stereocenters. The predicted molar refractivity (Wildman–Crippen MR) is 74.4 cm³/mol. The van der Waals surface area contributed by atoms with Crippen LogP contribution in [-0.2, 0) is 0 Å². The van der Waals surface area contributed by atoms with Crippen LogP contribution in [0.5, 0.6) is 0 Å². The number of hydrogen-bond acceptors (Lipinski definition) is 1. The van der Waals surface area contributed by atoms with Crippen molar-refractivity contribution in [2.75, 3.05) is 0 Å². The minimum atomic E-state index is 0.750. The number of thiol groups is 1. The van der Waals surface area contributed by atoms with Crippen molar-refractivity contribution in [3.63, 3.8) is 0 Å². The van der Waals surface area contributed by atoms with Gasteiger partial charge in [-0.25, -0.2) is 0 Å². The van der Waals surface area contributed by atoms with Crippen molar-refractivity contribution in [3.8, 4) is 0 Å². The highest BCUT2D eigenvalue weighted by Crippen LogP contribution is 2.22. The molecule has 0 saturated carbocycles. The van der Waals surface area contributed by atoms with Crippen molar-refractivity contribution in [3.05, 3.63) is 22.6 Å². The zero-order chi connectivity index (χ0) is 11.7. The van der Waals surface area contributed by atoms with Crippen LogP contribution in [-0.4, -0.2) is 0 Å². The van der Waals surface area contributed by atoms with Gasteiger partial charge in [-0.05, 0) is 48.2 Å². The van der Waals surface area contributed by atoms with E-state index in [0.717, 1.165) is 12.3 Å². The molecule has 0 atom stereocenters. The van der Waals surface area contributed by atoms with E-state index < -0.39 is 0 Å². The summed E-state index contributed by atoms with van der Waals surface area (Å²) in [7, 11) is 0. The van der Waals surface area contributed by atoms with E-state index in [1.807, 2.05) is 5.41 Å². The molecule has 0 nitrogen and oxygen atoms in total. The first-order valence-electron chi connectivity index (χ1n) is 6.18. The highest BCUT2D eigenvalue weighted by Gasteiger charge is 2.02. The topological polar surface area (TPSA) is 0 Å². The molecule has 0 rings (SSSR count). The Balaban J connectivity index is 4.48. The Morgan fingerprint density at radius 2 is 1.87 bits per heavy atom. The molecule has 0 aliphatic heterocycles. The summed E-state index contributed by atoms with van der Waals surface area (Å²) in [6.07, 6.45) is 8.45. The summed E-state index contributed by atoms with van der Waals surface area (Å²) in [5, 5.41) is 1.97. The van der Waals surface area contributed by atoms with Crippen LogP contribution in [0.3, 0.4) is 0 Å². The number of allylic oxidation sites excluding steroid dienone is 3. The van der Waals surface area contributed by atoms with Gasteiger partial charge in [0.2, 0.25) is 0 Å². The van der Waals surface area contributed by atoms with Crippen molar-refractivity contribution in [2.45, 2.75) is 59.8 Å². The lowest BCUT2D eigenvalue weighted by atomic mass is 9.96. The maximum atomic E-state index is 4.30. The van der Waals surface area contributed by atoms with E-state index in [2.05, 4.69) is 46.4 Å². The third-order valence-electron chi connectivity index (χ3n) is 2.58. The third kappa shape index (κ3) is 6.83. The molecule has 0 bridgehead atoms. The van der Waals surface area contributed by atoms with Crippen LogP contribution in [0.15, 0.2) is 22.6 Å². The molecule has 1 heteroatoms. The molecule has 0 heterocycles. The maximum Gasteiger partial charge on any atom is -0.0279 e. The summed E-state index contributed by atoms with van der Waals surface area (Å²) in [5.74, 6) is 0.750. The van der Waals surface area contributed by atoms with Gasteiger partial charge < -0.3 is 0 Å². The molecule has 0 aromatic carbocycles. The van der Waals surface area contributed by atoms with Gasteiger partial charge in [0.15, 0.2) is 0 Å². The minimum absolute atomic E-state index is 0.750. The predicted octanol–water partition coefficient (Wildman–Crippen LogP) is 5.37. The Morgan fingerprint density at radius 1 is 1.20 bits per heavy atom. The molecule has 0 aromatic heterocycles. The van der Waals surface area contributed by atoms with Gasteiger partial charge in [-0.3, -0.25) is 0 Å². The monoisotopic (exact) mass is 226 g/mol. The molecule has 88 valence electrons. The average molecular weight is 226 g/mol. The summed E-state index contributed by atoms with van der Waals surface area (Å²) in [6.45, 7) is 8.99. The molecule has 0 fully saturated rings. The number of unbranched alkanes of at least 4 members (excludes halogenated alkanes) is 1. The number of rotatable bonds is 7. The van der Waals surface area contributed by atoms with Crippen LogP contribution >= 0.6 is 12.6 Å². The van der Waals surface area contributed by atoms with Crippen molar-refractivity contribution < 1.29 is 0 Å². The van der Waals surface area contributed by atoms with Crippen LogP contribution in [0.2, 0.25) is 0 Å². The van der Waals surface area contributed by atoms with Gasteiger partial charge in [0.1, 0.15) is 0 Å². The van der Waals surface area contributed by atoms with Crippen LogP contribution in [0.1, 0.15) is 59.8 Å². The van der Waals surface area contributed by atoms with Crippen molar-refractivity contribution >= 4 is 12.6 Å². The van der Waals surface area contributed by atoms with Gasteiger partial charge in [-0.15, -0.1) is 0 Å². The Morgan fingerprint density at radius 3 is 2.27 bits per heavy atom. The molecule has 0 saturated heterocycles. The third-order valence-corrected chi connectivity index (χ3v) is 2.90. The summed E-state index contributed by atoms with van der Waals surface area (Å²) in [5.41, 5.74) is 2.93. The van der Waals surface area contributed by atoms with E-state index >= 15 is 0 Å². The Bertz CT molecular complexity index is 211. The van der Waals surface area contributed by atoms with E-state index in [0.29, 0.717) is 0 Å². The highest BCUT2D eigenvalue weighted by molar-refractivity contribution is 7.83. The van der Waals surface area contributed by atoms with Crippen LogP contribution in [0.25, 0.3) is 0 Å². The molecular formula is C14H26S. The molecule has 0 aliphatic rings. The highest BCUT2D eigenvalue weighted by atomic mass is 32.1. The lowest BCUT2D eigenvalue weighted by Crippen LogP contribution is -1.92. The smallest absolute Gasteiger partial charge is 0.0279 e. The normalized spacial score (nSPS) is 13.7. The lowest BCUT2D eigenvalue weighted by molar-refractivity contribution is 0.657. The summed E-state index contributed by atoms with van der Waals surface area (Å²) < 4.78 is 0.